The molecule has 3 aromatic carbocycles. The zero-order valence-electron chi connectivity index (χ0n) is 18.8. The van der Waals surface area contributed by atoms with Gasteiger partial charge in [-0.15, -0.1) is 0 Å². The number of carbonyl (C=O) groups is 1. The molecule has 4 aromatic rings. The third-order valence-corrected chi connectivity index (χ3v) is 6.73. The zero-order chi connectivity index (χ0) is 23.7. The monoisotopic (exact) mass is 471 g/mol. The average molecular weight is 472 g/mol. The Labute approximate surface area is 201 Å². The second kappa shape index (κ2) is 9.27. The van der Waals surface area contributed by atoms with Crippen molar-refractivity contribution in [2.75, 3.05) is 11.1 Å². The third kappa shape index (κ3) is 4.65. The van der Waals surface area contributed by atoms with Crippen LogP contribution in [0.15, 0.2) is 71.8 Å². The van der Waals surface area contributed by atoms with Crippen molar-refractivity contribution < 1.29 is 13.9 Å². The molecule has 0 radical (unpaired) electrons. The number of fused-ring (bicyclic) bond motifs is 2. The van der Waals surface area contributed by atoms with Gasteiger partial charge in [-0.1, -0.05) is 36.0 Å². The van der Waals surface area contributed by atoms with Crippen molar-refractivity contribution in [2.45, 2.75) is 25.3 Å². The number of anilines is 1. The maximum atomic E-state index is 13.4. The number of aryl methyl sites for hydroxylation is 2. The first-order valence-electron chi connectivity index (χ1n) is 10.9. The van der Waals surface area contributed by atoms with Gasteiger partial charge in [0.1, 0.15) is 16.6 Å². The molecule has 1 amide bonds. The van der Waals surface area contributed by atoms with E-state index in [2.05, 4.69) is 10.3 Å². The molecule has 170 valence electrons. The molecule has 0 atom stereocenters. The van der Waals surface area contributed by atoms with E-state index >= 15 is 0 Å². The van der Waals surface area contributed by atoms with Crippen LogP contribution in [-0.4, -0.2) is 21.6 Å². The Morgan fingerprint density at radius 3 is 2.62 bits per heavy atom. The molecule has 5 rings (SSSR count). The molecular weight excluding hydrogens is 449 g/mol. The van der Waals surface area contributed by atoms with Gasteiger partial charge in [-0.25, -0.2) is 9.37 Å². The van der Waals surface area contributed by atoms with Crippen molar-refractivity contribution in [1.82, 2.24) is 9.97 Å². The summed E-state index contributed by atoms with van der Waals surface area (Å²) in [4.78, 5) is 22.0. The lowest BCUT2D eigenvalue weighted by molar-refractivity contribution is -0.113. The van der Waals surface area contributed by atoms with E-state index in [1.54, 1.807) is 12.1 Å². The number of benzene rings is 3. The maximum Gasteiger partial charge on any atom is 0.234 e. The smallest absolute Gasteiger partial charge is 0.234 e. The van der Waals surface area contributed by atoms with E-state index in [-0.39, 0.29) is 17.5 Å². The van der Waals surface area contributed by atoms with Gasteiger partial charge in [-0.2, -0.15) is 4.98 Å². The van der Waals surface area contributed by atoms with Crippen LogP contribution in [-0.2, 0) is 11.2 Å². The summed E-state index contributed by atoms with van der Waals surface area (Å²) in [6.07, 6.45) is 0.607. The van der Waals surface area contributed by atoms with Gasteiger partial charge in [0.25, 0.3) is 0 Å². The molecule has 0 saturated heterocycles. The minimum Gasteiger partial charge on any atom is -0.438 e. The number of hydrogen-bond donors (Lipinski definition) is 1. The number of halogens is 1. The van der Waals surface area contributed by atoms with Crippen molar-refractivity contribution in [2.24, 2.45) is 0 Å². The molecule has 7 heteroatoms. The lowest BCUT2D eigenvalue weighted by atomic mass is 10.0. The van der Waals surface area contributed by atoms with Gasteiger partial charge in [0.15, 0.2) is 5.82 Å². The standard InChI is InChI=1S/C27H22FN3O2S/c1-16-7-12-21(13-17(16)2)29-24(32)15-34-27-22-14-19-5-3-4-6-23(19)33-26(22)30-25(31-27)18-8-10-20(28)11-9-18/h3-13H,14-15H2,1-2H3,(H,29,32). The van der Waals surface area contributed by atoms with Crippen molar-refractivity contribution in [3.05, 3.63) is 94.8 Å². The Balaban J connectivity index is 1.43. The molecule has 0 saturated carbocycles. The molecule has 0 bridgehead atoms. The molecule has 2 heterocycles. The van der Waals surface area contributed by atoms with Gasteiger partial charge >= 0.3 is 0 Å². The highest BCUT2D eigenvalue weighted by Crippen LogP contribution is 2.40. The van der Waals surface area contributed by atoms with Crippen molar-refractivity contribution in [1.29, 1.82) is 0 Å². The number of ether oxygens (including phenoxy) is 1. The number of carbonyl (C=O) groups excluding carboxylic acids is 1. The van der Waals surface area contributed by atoms with Crippen molar-refractivity contribution in [3.8, 4) is 23.0 Å². The van der Waals surface area contributed by atoms with Crippen LogP contribution in [0.1, 0.15) is 22.3 Å². The zero-order valence-corrected chi connectivity index (χ0v) is 19.6. The molecule has 5 nitrogen and oxygen atoms in total. The van der Waals surface area contributed by atoms with Crippen molar-refractivity contribution >= 4 is 23.4 Å². The molecule has 34 heavy (non-hydrogen) atoms. The second-order valence-corrected chi connectivity index (χ2v) is 9.13. The first kappa shape index (κ1) is 22.1. The predicted molar refractivity (Wildman–Crippen MR) is 132 cm³/mol. The summed E-state index contributed by atoms with van der Waals surface area (Å²) in [6.45, 7) is 4.05. The molecule has 0 aliphatic carbocycles. The fraction of sp³-hybridized carbons (Fsp3) is 0.148. The van der Waals surface area contributed by atoms with Gasteiger partial charge in [-0.3, -0.25) is 4.79 Å². The first-order chi connectivity index (χ1) is 16.5. The Bertz CT molecular complexity index is 1390. The molecule has 1 aliphatic rings. The fourth-order valence-corrected chi connectivity index (χ4v) is 4.55. The van der Waals surface area contributed by atoms with E-state index in [0.717, 1.165) is 28.1 Å². The fourth-order valence-electron chi connectivity index (χ4n) is 3.72. The number of thioether (sulfide) groups is 1. The number of para-hydroxylation sites is 1. The lowest BCUT2D eigenvalue weighted by Gasteiger charge is -2.21. The van der Waals surface area contributed by atoms with Crippen LogP contribution in [0.4, 0.5) is 10.1 Å². The number of nitrogens with one attached hydrogen (secondary N) is 1. The molecular formula is C27H22FN3O2S. The number of amides is 1. The average Bonchev–Trinajstić information content (AvgIpc) is 2.84. The molecule has 0 spiro atoms. The van der Waals surface area contributed by atoms with Crippen LogP contribution < -0.4 is 10.1 Å². The SMILES string of the molecule is Cc1ccc(NC(=O)CSc2nc(-c3ccc(F)cc3)nc3c2Cc2ccccc2O3)cc1C. The highest BCUT2D eigenvalue weighted by molar-refractivity contribution is 8.00. The Hall–Kier alpha value is -3.71. The van der Waals surface area contributed by atoms with E-state index in [4.69, 9.17) is 9.72 Å². The quantitative estimate of drug-likeness (QED) is 0.240. The Morgan fingerprint density at radius 1 is 1.03 bits per heavy atom. The topological polar surface area (TPSA) is 64.1 Å². The van der Waals surface area contributed by atoms with Crippen LogP contribution >= 0.6 is 11.8 Å². The maximum absolute atomic E-state index is 13.4. The summed E-state index contributed by atoms with van der Waals surface area (Å²) in [5.74, 6) is 1.37. The number of aromatic nitrogens is 2. The summed E-state index contributed by atoms with van der Waals surface area (Å²) < 4.78 is 19.5. The molecule has 1 aliphatic heterocycles. The van der Waals surface area contributed by atoms with E-state index < -0.39 is 0 Å². The van der Waals surface area contributed by atoms with Gasteiger partial charge in [0.2, 0.25) is 11.8 Å². The summed E-state index contributed by atoms with van der Waals surface area (Å²) in [7, 11) is 0. The summed E-state index contributed by atoms with van der Waals surface area (Å²) in [5.41, 5.74) is 5.61. The largest absolute Gasteiger partial charge is 0.438 e. The Kier molecular flexibility index (Phi) is 6.02. The highest BCUT2D eigenvalue weighted by Gasteiger charge is 2.24. The number of rotatable bonds is 5. The van der Waals surface area contributed by atoms with Gasteiger partial charge < -0.3 is 10.1 Å². The minimum absolute atomic E-state index is 0.124. The third-order valence-electron chi connectivity index (χ3n) is 5.71. The Morgan fingerprint density at radius 2 is 1.82 bits per heavy atom. The normalized spacial score (nSPS) is 11.9. The van der Waals surface area contributed by atoms with Gasteiger partial charge in [0, 0.05) is 17.7 Å². The number of hydrogen-bond acceptors (Lipinski definition) is 5. The van der Waals surface area contributed by atoms with Crippen molar-refractivity contribution in [3.63, 3.8) is 0 Å². The second-order valence-electron chi connectivity index (χ2n) is 8.17. The van der Waals surface area contributed by atoms with Gasteiger partial charge in [-0.05, 0) is 73.0 Å². The first-order valence-corrected chi connectivity index (χ1v) is 11.9. The molecule has 0 fully saturated rings. The summed E-state index contributed by atoms with van der Waals surface area (Å²) in [6, 6.07) is 19.7. The van der Waals surface area contributed by atoms with Crippen LogP contribution in [0.2, 0.25) is 0 Å². The summed E-state index contributed by atoms with van der Waals surface area (Å²) >= 11 is 1.34. The number of nitrogens with zero attached hydrogens (tertiary/aromatic N) is 2. The lowest BCUT2D eigenvalue weighted by Crippen LogP contribution is -2.15. The van der Waals surface area contributed by atoms with E-state index in [0.29, 0.717) is 28.7 Å². The van der Waals surface area contributed by atoms with Gasteiger partial charge in [0.05, 0.1) is 11.3 Å². The van der Waals surface area contributed by atoms with Crippen LogP contribution in [0, 0.1) is 19.7 Å². The minimum atomic E-state index is -0.329. The predicted octanol–water partition coefficient (Wildman–Crippen LogP) is 6.33. The molecule has 1 aromatic heterocycles. The highest BCUT2D eigenvalue weighted by atomic mass is 32.2. The van der Waals surface area contributed by atoms with E-state index in [1.165, 1.54) is 29.5 Å². The van der Waals surface area contributed by atoms with E-state index in [1.807, 2.05) is 56.3 Å². The van der Waals surface area contributed by atoms with Crippen LogP contribution in [0.25, 0.3) is 11.4 Å². The molecule has 1 N–H and O–H groups in total. The molecule has 0 unspecified atom stereocenters. The van der Waals surface area contributed by atoms with Crippen LogP contribution in [0.3, 0.4) is 0 Å². The van der Waals surface area contributed by atoms with E-state index in [9.17, 15) is 9.18 Å². The van der Waals surface area contributed by atoms with Crippen LogP contribution in [0.5, 0.6) is 11.6 Å². The summed E-state index contributed by atoms with van der Waals surface area (Å²) in [5, 5.41) is 3.63.